The first kappa shape index (κ1) is 9.33. The fourth-order valence-electron chi connectivity index (χ4n) is 2.37. The molecule has 4 heteroatoms. The van der Waals surface area contributed by atoms with Gasteiger partial charge in [0.2, 0.25) is 0 Å². The van der Waals surface area contributed by atoms with E-state index in [2.05, 4.69) is 10.4 Å². The van der Waals surface area contributed by atoms with Crippen LogP contribution < -0.4 is 5.32 Å². The van der Waals surface area contributed by atoms with Crippen LogP contribution in [0.3, 0.4) is 0 Å². The minimum absolute atomic E-state index is 0.622. The van der Waals surface area contributed by atoms with Gasteiger partial charge >= 0.3 is 0 Å². The molecule has 1 aliphatic carbocycles. The van der Waals surface area contributed by atoms with E-state index in [-0.39, 0.29) is 0 Å². The van der Waals surface area contributed by atoms with Gasteiger partial charge in [0, 0.05) is 18.9 Å². The van der Waals surface area contributed by atoms with Crippen molar-refractivity contribution in [2.24, 2.45) is 7.05 Å². The molecule has 1 aliphatic heterocycles. The summed E-state index contributed by atoms with van der Waals surface area (Å²) >= 11 is 0. The van der Waals surface area contributed by atoms with Crippen LogP contribution in [0.2, 0.25) is 0 Å². The largest absolute Gasteiger partial charge is 0.317 e. The van der Waals surface area contributed by atoms with Crippen LogP contribution in [0, 0.1) is 0 Å². The zero-order valence-electron chi connectivity index (χ0n) is 9.24. The maximum atomic E-state index is 4.72. The first-order valence-electron chi connectivity index (χ1n) is 5.96. The first-order chi connectivity index (χ1) is 7.34. The zero-order valence-corrected chi connectivity index (χ0v) is 9.24. The van der Waals surface area contributed by atoms with Gasteiger partial charge in [-0.25, -0.2) is 4.98 Å². The van der Waals surface area contributed by atoms with E-state index >= 15 is 0 Å². The molecular formula is C11H18N4. The van der Waals surface area contributed by atoms with Crippen molar-refractivity contribution in [1.29, 1.82) is 0 Å². The van der Waals surface area contributed by atoms with Crippen molar-refractivity contribution < 1.29 is 0 Å². The number of aromatic nitrogens is 3. The van der Waals surface area contributed by atoms with E-state index in [9.17, 15) is 0 Å². The molecular weight excluding hydrogens is 188 g/mol. The average Bonchev–Trinajstić information content (AvgIpc) is 3.04. The molecule has 1 saturated heterocycles. The van der Waals surface area contributed by atoms with Gasteiger partial charge in [-0.15, -0.1) is 0 Å². The van der Waals surface area contributed by atoms with Crippen molar-refractivity contribution in [3.05, 3.63) is 11.6 Å². The molecule has 4 nitrogen and oxygen atoms in total. The van der Waals surface area contributed by atoms with Crippen molar-refractivity contribution >= 4 is 0 Å². The topological polar surface area (TPSA) is 42.7 Å². The summed E-state index contributed by atoms with van der Waals surface area (Å²) in [7, 11) is 2.04. The van der Waals surface area contributed by atoms with Crippen LogP contribution in [-0.2, 0) is 7.05 Å². The molecule has 2 heterocycles. The van der Waals surface area contributed by atoms with E-state index in [0.29, 0.717) is 11.8 Å². The molecule has 0 spiro atoms. The first-order valence-corrected chi connectivity index (χ1v) is 5.96. The minimum Gasteiger partial charge on any atom is -0.317 e. The molecule has 82 valence electrons. The third-order valence-corrected chi connectivity index (χ3v) is 3.46. The molecule has 0 bridgehead atoms. The lowest BCUT2D eigenvalue weighted by Gasteiger charge is -2.21. The summed E-state index contributed by atoms with van der Waals surface area (Å²) in [5, 5.41) is 7.92. The second-order valence-corrected chi connectivity index (χ2v) is 4.75. The van der Waals surface area contributed by atoms with Gasteiger partial charge in [-0.1, -0.05) is 0 Å². The molecule has 1 aromatic heterocycles. The Balaban J connectivity index is 1.82. The maximum Gasteiger partial charge on any atom is 0.154 e. The van der Waals surface area contributed by atoms with Gasteiger partial charge in [-0.3, -0.25) is 4.68 Å². The summed E-state index contributed by atoms with van der Waals surface area (Å²) < 4.78 is 2.00. The van der Waals surface area contributed by atoms with Crippen LogP contribution in [0.15, 0.2) is 0 Å². The summed E-state index contributed by atoms with van der Waals surface area (Å²) in [5.41, 5.74) is 0. The number of hydrogen-bond acceptors (Lipinski definition) is 3. The van der Waals surface area contributed by atoms with E-state index in [1.165, 1.54) is 31.5 Å². The molecule has 0 aromatic carbocycles. The fraction of sp³-hybridized carbons (Fsp3) is 0.818. The molecule has 1 N–H and O–H groups in total. The molecule has 0 radical (unpaired) electrons. The van der Waals surface area contributed by atoms with Gasteiger partial charge in [0.1, 0.15) is 5.82 Å². The summed E-state index contributed by atoms with van der Waals surface area (Å²) in [6, 6.07) is 0. The monoisotopic (exact) mass is 206 g/mol. The second-order valence-electron chi connectivity index (χ2n) is 4.75. The standard InChI is InChI=1S/C11H18N4/c1-15-11(9-4-6-12-7-5-9)13-10(14-15)8-2-3-8/h8-9,12H,2-7H2,1H3. The smallest absolute Gasteiger partial charge is 0.154 e. The highest BCUT2D eigenvalue weighted by molar-refractivity contribution is 5.09. The van der Waals surface area contributed by atoms with Gasteiger partial charge in [-0.2, -0.15) is 5.10 Å². The van der Waals surface area contributed by atoms with E-state index in [4.69, 9.17) is 4.98 Å². The van der Waals surface area contributed by atoms with Crippen molar-refractivity contribution in [3.63, 3.8) is 0 Å². The molecule has 0 unspecified atom stereocenters. The van der Waals surface area contributed by atoms with Gasteiger partial charge in [0.15, 0.2) is 5.82 Å². The Hall–Kier alpha value is -0.900. The van der Waals surface area contributed by atoms with Gasteiger partial charge < -0.3 is 5.32 Å². The van der Waals surface area contributed by atoms with Gasteiger partial charge in [0.25, 0.3) is 0 Å². The van der Waals surface area contributed by atoms with Gasteiger partial charge in [0.05, 0.1) is 0 Å². The minimum atomic E-state index is 0.622. The molecule has 15 heavy (non-hydrogen) atoms. The number of nitrogens with one attached hydrogen (secondary N) is 1. The van der Waals surface area contributed by atoms with E-state index < -0.39 is 0 Å². The van der Waals surface area contributed by atoms with E-state index in [0.717, 1.165) is 18.9 Å². The van der Waals surface area contributed by atoms with Crippen molar-refractivity contribution in [2.45, 2.75) is 37.5 Å². The number of rotatable bonds is 2. The van der Waals surface area contributed by atoms with Crippen LogP contribution in [0.4, 0.5) is 0 Å². The van der Waals surface area contributed by atoms with Crippen LogP contribution in [0.1, 0.15) is 49.2 Å². The Bertz CT molecular complexity index is 347. The quantitative estimate of drug-likeness (QED) is 0.789. The van der Waals surface area contributed by atoms with Crippen LogP contribution in [0.5, 0.6) is 0 Å². The third kappa shape index (κ3) is 1.78. The van der Waals surface area contributed by atoms with Gasteiger partial charge in [-0.05, 0) is 38.8 Å². The summed E-state index contributed by atoms with van der Waals surface area (Å²) in [6.45, 7) is 2.24. The molecule has 2 aliphatic rings. The molecule has 3 rings (SSSR count). The van der Waals surface area contributed by atoms with Crippen LogP contribution >= 0.6 is 0 Å². The lowest BCUT2D eigenvalue weighted by atomic mass is 9.97. The molecule has 2 fully saturated rings. The summed E-state index contributed by atoms with van der Waals surface area (Å²) in [6.07, 6.45) is 4.98. The number of aryl methyl sites for hydroxylation is 1. The maximum absolute atomic E-state index is 4.72. The summed E-state index contributed by atoms with van der Waals surface area (Å²) in [5.74, 6) is 3.59. The van der Waals surface area contributed by atoms with Crippen molar-refractivity contribution in [3.8, 4) is 0 Å². The number of piperidine rings is 1. The Morgan fingerprint density at radius 2 is 1.87 bits per heavy atom. The number of nitrogens with zero attached hydrogens (tertiary/aromatic N) is 3. The van der Waals surface area contributed by atoms with Crippen molar-refractivity contribution in [1.82, 2.24) is 20.1 Å². The Morgan fingerprint density at radius 3 is 2.53 bits per heavy atom. The zero-order chi connectivity index (χ0) is 10.3. The number of hydrogen-bond donors (Lipinski definition) is 1. The van der Waals surface area contributed by atoms with Crippen LogP contribution in [0.25, 0.3) is 0 Å². The molecule has 1 saturated carbocycles. The molecule has 1 aromatic rings. The van der Waals surface area contributed by atoms with Crippen LogP contribution in [-0.4, -0.2) is 27.9 Å². The summed E-state index contributed by atoms with van der Waals surface area (Å²) in [4.78, 5) is 4.72. The highest BCUT2D eigenvalue weighted by Crippen LogP contribution is 2.38. The molecule has 0 atom stereocenters. The third-order valence-electron chi connectivity index (χ3n) is 3.46. The Labute approximate surface area is 90.1 Å². The van der Waals surface area contributed by atoms with Crippen molar-refractivity contribution in [2.75, 3.05) is 13.1 Å². The Kier molecular flexibility index (Phi) is 2.24. The molecule has 0 amide bonds. The Morgan fingerprint density at radius 1 is 1.13 bits per heavy atom. The van der Waals surface area contributed by atoms with E-state index in [1.54, 1.807) is 0 Å². The average molecular weight is 206 g/mol. The second kappa shape index (κ2) is 3.59. The fourth-order valence-corrected chi connectivity index (χ4v) is 2.37. The predicted molar refractivity (Wildman–Crippen MR) is 57.8 cm³/mol. The SMILES string of the molecule is Cn1nc(C2CC2)nc1C1CCNCC1. The highest BCUT2D eigenvalue weighted by Gasteiger charge is 2.30. The van der Waals surface area contributed by atoms with E-state index in [1.807, 2.05) is 11.7 Å². The normalized spacial score (nSPS) is 23.3. The highest BCUT2D eigenvalue weighted by atomic mass is 15.3. The predicted octanol–water partition coefficient (Wildman–Crippen LogP) is 1.16. The lowest BCUT2D eigenvalue weighted by molar-refractivity contribution is 0.432. The lowest BCUT2D eigenvalue weighted by Crippen LogP contribution is -2.27.